The molecule has 1 aliphatic rings. The number of pyridine rings is 1. The maximum atomic E-state index is 11.8. The lowest BCUT2D eigenvalue weighted by Gasteiger charge is -2.49. The molecule has 3 unspecified atom stereocenters. The molecule has 0 spiro atoms. The molecule has 2 heterocycles. The first-order valence-electron chi connectivity index (χ1n) is 9.54. The van der Waals surface area contributed by atoms with Gasteiger partial charge in [0, 0.05) is 25.6 Å². The molecular formula is C20H32N2O5. The van der Waals surface area contributed by atoms with Crippen LogP contribution < -0.4 is 9.47 Å². The maximum Gasteiger partial charge on any atom is 0.407 e. The van der Waals surface area contributed by atoms with E-state index >= 15 is 0 Å². The lowest BCUT2D eigenvalue weighted by molar-refractivity contribution is -0.119. The van der Waals surface area contributed by atoms with Gasteiger partial charge in [0.2, 0.25) is 5.88 Å². The number of ether oxygens (including phenoxy) is 3. The van der Waals surface area contributed by atoms with Gasteiger partial charge in [0.1, 0.15) is 18.0 Å². The van der Waals surface area contributed by atoms with Gasteiger partial charge in [-0.05, 0) is 32.3 Å². The number of carboxylic acid groups (broad SMARTS) is 1. The van der Waals surface area contributed by atoms with Gasteiger partial charge in [-0.15, -0.1) is 0 Å². The molecule has 0 radical (unpaired) electrons. The van der Waals surface area contributed by atoms with E-state index in [0.29, 0.717) is 31.2 Å². The third kappa shape index (κ3) is 5.48. The molecule has 1 aliphatic heterocycles. The summed E-state index contributed by atoms with van der Waals surface area (Å²) >= 11 is 0. The average Bonchev–Trinajstić information content (AvgIpc) is 2.56. The number of carbonyl (C=O) groups is 1. The van der Waals surface area contributed by atoms with Crippen molar-refractivity contribution in [2.45, 2.75) is 72.3 Å². The van der Waals surface area contributed by atoms with Crippen LogP contribution in [0.1, 0.15) is 48.0 Å². The lowest BCUT2D eigenvalue weighted by Crippen LogP contribution is -2.63. The molecule has 3 atom stereocenters. The third-order valence-electron chi connectivity index (χ3n) is 4.51. The molecule has 7 heteroatoms. The topological polar surface area (TPSA) is 81.1 Å². The zero-order valence-corrected chi connectivity index (χ0v) is 17.1. The Morgan fingerprint density at radius 3 is 2.56 bits per heavy atom. The smallest absolute Gasteiger partial charge is 0.407 e. The van der Waals surface area contributed by atoms with Crippen LogP contribution in [0.4, 0.5) is 4.79 Å². The minimum Gasteiger partial charge on any atom is -0.489 e. The maximum absolute atomic E-state index is 11.8. The van der Waals surface area contributed by atoms with E-state index in [-0.39, 0.29) is 29.8 Å². The number of hydrogen-bond donors (Lipinski definition) is 1. The Bertz CT molecular complexity index is 612. The third-order valence-corrected chi connectivity index (χ3v) is 4.51. The molecule has 1 saturated heterocycles. The highest BCUT2D eigenvalue weighted by Gasteiger charge is 2.47. The fraction of sp³-hybridized carbons (Fsp3) is 0.700. The summed E-state index contributed by atoms with van der Waals surface area (Å²) in [5.41, 5.74) is -0.289. The Labute approximate surface area is 161 Å². The summed E-state index contributed by atoms with van der Waals surface area (Å²) in [6.07, 6.45) is 0.705. The highest BCUT2D eigenvalue weighted by Crippen LogP contribution is 2.35. The number of rotatable bonds is 6. The number of likely N-dealkylation sites (tertiary alicyclic amines) is 1. The molecule has 0 aromatic carbocycles. The monoisotopic (exact) mass is 380 g/mol. The van der Waals surface area contributed by atoms with Crippen molar-refractivity contribution in [3.8, 4) is 11.6 Å². The van der Waals surface area contributed by atoms with Gasteiger partial charge in [-0.1, -0.05) is 20.8 Å². The predicted octanol–water partition coefficient (Wildman–Crippen LogP) is 3.82. The van der Waals surface area contributed by atoms with Gasteiger partial charge in [-0.2, -0.15) is 0 Å². The van der Waals surface area contributed by atoms with E-state index in [1.807, 2.05) is 47.6 Å². The van der Waals surface area contributed by atoms with Gasteiger partial charge >= 0.3 is 6.09 Å². The Kier molecular flexibility index (Phi) is 6.92. The fourth-order valence-electron chi connectivity index (χ4n) is 3.58. The number of hydrogen-bond acceptors (Lipinski definition) is 5. The van der Waals surface area contributed by atoms with Crippen LogP contribution in [-0.4, -0.2) is 58.6 Å². The molecule has 0 bridgehead atoms. The van der Waals surface area contributed by atoms with E-state index in [2.05, 4.69) is 4.98 Å². The number of aromatic nitrogens is 1. The standard InChI is InChI=1S/C20H32N2O5/c1-7-25-17-15(10-11-22(19(23)24)18(17)20(4,5)6)27-16-9-8-14(12-21-16)26-13(2)3/h8-9,12-13,15,17-18H,7,10-11H2,1-6H3,(H,23,24). The van der Waals surface area contributed by atoms with E-state index in [1.54, 1.807) is 12.3 Å². The van der Waals surface area contributed by atoms with E-state index < -0.39 is 6.09 Å². The van der Waals surface area contributed by atoms with Crippen molar-refractivity contribution in [2.75, 3.05) is 13.2 Å². The largest absolute Gasteiger partial charge is 0.489 e. The molecule has 1 amide bonds. The Hall–Kier alpha value is -2.02. The Morgan fingerprint density at radius 2 is 2.07 bits per heavy atom. The van der Waals surface area contributed by atoms with Gasteiger partial charge in [0.15, 0.2) is 0 Å². The summed E-state index contributed by atoms with van der Waals surface area (Å²) in [6.45, 7) is 12.8. The quantitative estimate of drug-likeness (QED) is 0.808. The SMILES string of the molecule is CCOC1C(Oc2ccc(OC(C)C)cn2)CCN(C(=O)O)C1C(C)(C)C. The van der Waals surface area contributed by atoms with Crippen LogP contribution in [0.2, 0.25) is 0 Å². The molecule has 1 aromatic heterocycles. The summed E-state index contributed by atoms with van der Waals surface area (Å²) in [5.74, 6) is 1.17. The van der Waals surface area contributed by atoms with Crippen molar-refractivity contribution < 1.29 is 24.1 Å². The Morgan fingerprint density at radius 1 is 1.37 bits per heavy atom. The zero-order chi connectivity index (χ0) is 20.2. The molecule has 1 N–H and O–H groups in total. The molecule has 0 saturated carbocycles. The molecule has 27 heavy (non-hydrogen) atoms. The van der Waals surface area contributed by atoms with E-state index in [1.165, 1.54) is 4.90 Å². The van der Waals surface area contributed by atoms with Gasteiger partial charge in [0.25, 0.3) is 0 Å². The summed E-state index contributed by atoms with van der Waals surface area (Å²) in [6, 6.07) is 3.29. The van der Waals surface area contributed by atoms with Crippen LogP contribution in [-0.2, 0) is 4.74 Å². The predicted molar refractivity (Wildman–Crippen MR) is 102 cm³/mol. The first-order valence-corrected chi connectivity index (χ1v) is 9.54. The highest BCUT2D eigenvalue weighted by atomic mass is 16.5. The Balaban J connectivity index is 2.20. The van der Waals surface area contributed by atoms with Gasteiger partial charge < -0.3 is 24.2 Å². The second-order valence-corrected chi connectivity index (χ2v) is 8.15. The molecule has 2 rings (SSSR count). The van der Waals surface area contributed by atoms with Gasteiger partial charge in [0.05, 0.1) is 18.3 Å². The first kappa shape index (κ1) is 21.3. The van der Waals surface area contributed by atoms with Crippen molar-refractivity contribution in [3.63, 3.8) is 0 Å². The molecule has 1 aromatic rings. The number of amides is 1. The minimum absolute atomic E-state index is 0.0776. The van der Waals surface area contributed by atoms with Crippen molar-refractivity contribution in [2.24, 2.45) is 5.41 Å². The van der Waals surface area contributed by atoms with Gasteiger partial charge in [-0.3, -0.25) is 0 Å². The molecular weight excluding hydrogens is 348 g/mol. The lowest BCUT2D eigenvalue weighted by atomic mass is 9.78. The van der Waals surface area contributed by atoms with Crippen LogP contribution in [0, 0.1) is 5.41 Å². The molecule has 0 aliphatic carbocycles. The number of nitrogens with zero attached hydrogens (tertiary/aromatic N) is 2. The summed E-state index contributed by atoms with van der Waals surface area (Å²) in [5, 5.41) is 9.64. The molecule has 7 nitrogen and oxygen atoms in total. The fourth-order valence-corrected chi connectivity index (χ4v) is 3.58. The number of piperidine rings is 1. The van der Waals surface area contributed by atoms with Gasteiger partial charge in [-0.25, -0.2) is 9.78 Å². The van der Waals surface area contributed by atoms with Crippen LogP contribution in [0.15, 0.2) is 18.3 Å². The highest BCUT2D eigenvalue weighted by molar-refractivity contribution is 5.66. The second kappa shape index (κ2) is 8.78. The van der Waals surface area contributed by atoms with Crippen molar-refractivity contribution in [3.05, 3.63) is 18.3 Å². The van der Waals surface area contributed by atoms with Crippen LogP contribution >= 0.6 is 0 Å². The summed E-state index contributed by atoms with van der Waals surface area (Å²) < 4.78 is 17.7. The van der Waals surface area contributed by atoms with Crippen molar-refractivity contribution in [1.82, 2.24) is 9.88 Å². The van der Waals surface area contributed by atoms with E-state index in [4.69, 9.17) is 14.2 Å². The minimum atomic E-state index is -0.925. The van der Waals surface area contributed by atoms with Crippen molar-refractivity contribution in [1.29, 1.82) is 0 Å². The molecule has 152 valence electrons. The normalized spacial score (nSPS) is 23.4. The van der Waals surface area contributed by atoms with E-state index in [9.17, 15) is 9.90 Å². The van der Waals surface area contributed by atoms with Crippen LogP contribution in [0.3, 0.4) is 0 Å². The van der Waals surface area contributed by atoms with E-state index in [0.717, 1.165) is 0 Å². The first-order chi connectivity index (χ1) is 12.6. The van der Waals surface area contributed by atoms with Crippen LogP contribution in [0.25, 0.3) is 0 Å². The van der Waals surface area contributed by atoms with Crippen molar-refractivity contribution >= 4 is 6.09 Å². The summed E-state index contributed by atoms with van der Waals surface area (Å²) in [4.78, 5) is 17.6. The molecule has 1 fully saturated rings. The van der Waals surface area contributed by atoms with Crippen LogP contribution in [0.5, 0.6) is 11.6 Å². The second-order valence-electron chi connectivity index (χ2n) is 8.15. The average molecular weight is 380 g/mol. The summed E-state index contributed by atoms with van der Waals surface area (Å²) in [7, 11) is 0. The zero-order valence-electron chi connectivity index (χ0n) is 17.1.